The fraction of sp³-hybridized carbons (Fsp3) is 0.647. The molecule has 1 aromatic rings. The van der Waals surface area contributed by atoms with Crippen LogP contribution >= 0.6 is 0 Å². The Hall–Kier alpha value is -0.710. The molecule has 1 aromatic carbocycles. The lowest BCUT2D eigenvalue weighted by Crippen LogP contribution is -2.45. The molecular weight excluding hydrogens is 282 g/mol. The van der Waals surface area contributed by atoms with E-state index in [9.17, 15) is 9.32 Å². The van der Waals surface area contributed by atoms with Gasteiger partial charge in [-0.25, -0.2) is 0 Å². The molecule has 0 aliphatic heterocycles. The normalized spacial score (nSPS) is 25.5. The van der Waals surface area contributed by atoms with Crippen LogP contribution in [0, 0.1) is 0 Å². The minimum Gasteiger partial charge on any atom is -0.392 e. The lowest BCUT2D eigenvalue weighted by atomic mass is 9.93. The maximum atomic E-state index is 12.2. The average Bonchev–Trinajstić information content (AvgIpc) is 2.54. The van der Waals surface area contributed by atoms with Gasteiger partial charge in [0, 0.05) is 28.6 Å². The van der Waals surface area contributed by atoms with Crippen LogP contribution in [0.25, 0.3) is 0 Å². The van der Waals surface area contributed by atoms with Crippen molar-refractivity contribution in [2.24, 2.45) is 0 Å². The summed E-state index contributed by atoms with van der Waals surface area (Å²) < 4.78 is 12.2. The van der Waals surface area contributed by atoms with E-state index in [1.165, 1.54) is 18.4 Å². The number of benzene rings is 1. The Kier molecular flexibility index (Phi) is 6.40. The maximum Gasteiger partial charge on any atom is 0.0681 e. The molecule has 0 spiro atoms. The highest BCUT2D eigenvalue weighted by molar-refractivity contribution is 7.85. The first kappa shape index (κ1) is 16.7. The Labute approximate surface area is 130 Å². The Morgan fingerprint density at radius 3 is 2.86 bits per heavy atom. The van der Waals surface area contributed by atoms with Gasteiger partial charge in [0.25, 0.3) is 0 Å². The SMILES string of the molecule is CCS(=O)C1CCCCC1NC(C)c1cccc(CO)c1. The van der Waals surface area contributed by atoms with Gasteiger partial charge in [-0.15, -0.1) is 0 Å². The van der Waals surface area contributed by atoms with Crippen LogP contribution in [0.15, 0.2) is 24.3 Å². The Morgan fingerprint density at radius 2 is 2.14 bits per heavy atom. The highest BCUT2D eigenvalue weighted by atomic mass is 32.2. The predicted octanol–water partition coefficient (Wildman–Crippen LogP) is 2.91. The summed E-state index contributed by atoms with van der Waals surface area (Å²) in [5, 5.41) is 13.2. The standard InChI is InChI=1S/C17H27NO2S/c1-3-21(20)17-10-5-4-9-16(17)18-13(2)15-8-6-7-14(11-15)12-19/h6-8,11,13,16-19H,3-5,9-10,12H2,1-2H3. The smallest absolute Gasteiger partial charge is 0.0681 e. The second-order valence-corrected chi connectivity index (χ2v) is 7.83. The fourth-order valence-corrected chi connectivity index (χ4v) is 4.63. The van der Waals surface area contributed by atoms with Crippen molar-refractivity contribution >= 4 is 10.8 Å². The van der Waals surface area contributed by atoms with Crippen LogP contribution in [-0.2, 0) is 17.4 Å². The first-order chi connectivity index (χ1) is 10.2. The molecule has 4 heteroatoms. The molecule has 118 valence electrons. The van der Waals surface area contributed by atoms with Gasteiger partial charge < -0.3 is 10.4 Å². The number of hydrogen-bond acceptors (Lipinski definition) is 3. The van der Waals surface area contributed by atoms with Crippen LogP contribution in [-0.4, -0.2) is 26.4 Å². The molecule has 0 bridgehead atoms. The third-order valence-electron chi connectivity index (χ3n) is 4.42. The number of hydrogen-bond donors (Lipinski definition) is 2. The van der Waals surface area contributed by atoms with Gasteiger partial charge in [0.05, 0.1) is 11.9 Å². The summed E-state index contributed by atoms with van der Waals surface area (Å²) in [6.45, 7) is 4.24. The predicted molar refractivity (Wildman–Crippen MR) is 88.6 cm³/mol. The quantitative estimate of drug-likeness (QED) is 0.849. The minimum absolute atomic E-state index is 0.0759. The summed E-state index contributed by atoms with van der Waals surface area (Å²) >= 11 is 0. The molecule has 0 radical (unpaired) electrons. The molecule has 1 aliphatic carbocycles. The Bertz CT molecular complexity index is 478. The van der Waals surface area contributed by atoms with Crippen LogP contribution in [0.1, 0.15) is 56.7 Å². The van der Waals surface area contributed by atoms with Gasteiger partial charge in [-0.1, -0.05) is 44.0 Å². The summed E-state index contributed by atoms with van der Waals surface area (Å²) in [6.07, 6.45) is 4.60. The number of nitrogens with one attached hydrogen (secondary N) is 1. The fourth-order valence-electron chi connectivity index (χ4n) is 3.19. The third-order valence-corrected chi connectivity index (χ3v) is 6.23. The molecule has 0 amide bonds. The van der Waals surface area contributed by atoms with E-state index in [0.717, 1.165) is 24.2 Å². The Morgan fingerprint density at radius 1 is 1.38 bits per heavy atom. The van der Waals surface area contributed by atoms with E-state index in [2.05, 4.69) is 18.3 Å². The van der Waals surface area contributed by atoms with E-state index < -0.39 is 10.8 Å². The zero-order chi connectivity index (χ0) is 15.2. The molecule has 0 saturated heterocycles. The van der Waals surface area contributed by atoms with Crippen LogP contribution in [0.4, 0.5) is 0 Å². The van der Waals surface area contributed by atoms with E-state index in [-0.39, 0.29) is 17.9 Å². The molecular formula is C17H27NO2S. The average molecular weight is 309 g/mol. The van der Waals surface area contributed by atoms with Crippen LogP contribution in [0.3, 0.4) is 0 Å². The van der Waals surface area contributed by atoms with Gasteiger partial charge in [-0.05, 0) is 30.9 Å². The van der Waals surface area contributed by atoms with E-state index in [4.69, 9.17) is 0 Å². The van der Waals surface area contributed by atoms with E-state index in [0.29, 0.717) is 6.04 Å². The molecule has 2 rings (SSSR count). The highest BCUT2D eigenvalue weighted by Crippen LogP contribution is 2.26. The van der Waals surface area contributed by atoms with Crippen molar-refractivity contribution in [1.29, 1.82) is 0 Å². The summed E-state index contributed by atoms with van der Waals surface area (Å²) in [4.78, 5) is 0. The second kappa shape index (κ2) is 8.06. The molecule has 1 fully saturated rings. The highest BCUT2D eigenvalue weighted by Gasteiger charge is 2.29. The van der Waals surface area contributed by atoms with Gasteiger partial charge in [-0.2, -0.15) is 0 Å². The summed E-state index contributed by atoms with van der Waals surface area (Å²) in [6, 6.07) is 8.62. The molecule has 1 aliphatic rings. The first-order valence-electron chi connectivity index (χ1n) is 7.98. The van der Waals surface area contributed by atoms with E-state index in [1.54, 1.807) is 0 Å². The van der Waals surface area contributed by atoms with E-state index in [1.807, 2.05) is 25.1 Å². The van der Waals surface area contributed by atoms with Crippen molar-refractivity contribution in [3.05, 3.63) is 35.4 Å². The van der Waals surface area contributed by atoms with Crippen molar-refractivity contribution in [2.75, 3.05) is 5.75 Å². The van der Waals surface area contributed by atoms with Gasteiger partial charge in [0.1, 0.15) is 0 Å². The van der Waals surface area contributed by atoms with Gasteiger partial charge in [0.15, 0.2) is 0 Å². The molecule has 1 saturated carbocycles. The molecule has 4 atom stereocenters. The van der Waals surface area contributed by atoms with Crippen molar-refractivity contribution < 1.29 is 9.32 Å². The number of aliphatic hydroxyl groups is 1. The van der Waals surface area contributed by atoms with Gasteiger partial charge in [0.2, 0.25) is 0 Å². The first-order valence-corrected chi connectivity index (χ1v) is 9.36. The van der Waals surface area contributed by atoms with Crippen molar-refractivity contribution in [3.8, 4) is 0 Å². The van der Waals surface area contributed by atoms with Crippen LogP contribution in [0.5, 0.6) is 0 Å². The molecule has 2 N–H and O–H groups in total. The number of rotatable bonds is 6. The van der Waals surface area contributed by atoms with Crippen molar-refractivity contribution in [2.45, 2.75) is 63.5 Å². The third kappa shape index (κ3) is 4.38. The van der Waals surface area contributed by atoms with Gasteiger partial charge >= 0.3 is 0 Å². The number of aliphatic hydroxyl groups excluding tert-OH is 1. The van der Waals surface area contributed by atoms with Crippen LogP contribution < -0.4 is 5.32 Å². The maximum absolute atomic E-state index is 12.2. The minimum atomic E-state index is -0.725. The van der Waals surface area contributed by atoms with Gasteiger partial charge in [-0.3, -0.25) is 4.21 Å². The molecule has 4 unspecified atom stereocenters. The van der Waals surface area contributed by atoms with Crippen LogP contribution in [0.2, 0.25) is 0 Å². The molecule has 0 aromatic heterocycles. The Balaban J connectivity index is 2.05. The second-order valence-electron chi connectivity index (χ2n) is 5.89. The lowest BCUT2D eigenvalue weighted by Gasteiger charge is -2.34. The largest absolute Gasteiger partial charge is 0.392 e. The van der Waals surface area contributed by atoms with Crippen molar-refractivity contribution in [3.63, 3.8) is 0 Å². The zero-order valence-corrected chi connectivity index (χ0v) is 13.9. The molecule has 3 nitrogen and oxygen atoms in total. The van der Waals surface area contributed by atoms with E-state index >= 15 is 0 Å². The topological polar surface area (TPSA) is 49.3 Å². The summed E-state index contributed by atoms with van der Waals surface area (Å²) in [5.74, 6) is 0.747. The zero-order valence-electron chi connectivity index (χ0n) is 13.0. The molecule has 0 heterocycles. The monoisotopic (exact) mass is 309 g/mol. The molecule has 21 heavy (non-hydrogen) atoms. The van der Waals surface area contributed by atoms with Crippen molar-refractivity contribution in [1.82, 2.24) is 5.32 Å². The summed E-state index contributed by atoms with van der Waals surface area (Å²) in [7, 11) is -0.725. The lowest BCUT2D eigenvalue weighted by molar-refractivity contribution is 0.281. The summed E-state index contributed by atoms with van der Waals surface area (Å²) in [5.41, 5.74) is 2.13.